The number of fused-ring (bicyclic) bond motifs is 1. The van der Waals surface area contributed by atoms with Crippen LogP contribution >= 0.6 is 0 Å². The second kappa shape index (κ2) is 8.34. The van der Waals surface area contributed by atoms with E-state index in [1.165, 1.54) is 31.2 Å². The zero-order valence-electron chi connectivity index (χ0n) is 18.2. The lowest BCUT2D eigenvalue weighted by molar-refractivity contribution is -0.121. The van der Waals surface area contributed by atoms with Crippen LogP contribution < -0.4 is 10.6 Å². The maximum atomic E-state index is 12.4. The lowest BCUT2D eigenvalue weighted by atomic mass is 9.78. The number of amides is 1. The number of aromatic nitrogens is 2. The Kier molecular flexibility index (Phi) is 5.81. The third-order valence-electron chi connectivity index (χ3n) is 6.90. The highest BCUT2D eigenvalue weighted by Crippen LogP contribution is 2.33. The summed E-state index contributed by atoms with van der Waals surface area (Å²) in [7, 11) is 1.93. The van der Waals surface area contributed by atoms with Gasteiger partial charge in [0.15, 0.2) is 5.82 Å². The van der Waals surface area contributed by atoms with Crippen LogP contribution in [-0.4, -0.2) is 52.3 Å². The number of nitrogens with zero attached hydrogens (tertiary/aromatic N) is 3. The summed E-state index contributed by atoms with van der Waals surface area (Å²) in [5.41, 5.74) is 2.26. The summed E-state index contributed by atoms with van der Waals surface area (Å²) in [6.45, 7) is 9.02. The summed E-state index contributed by atoms with van der Waals surface area (Å²) in [6.07, 6.45) is 5.35. The molecular formula is C23H35N5O. The zero-order chi connectivity index (χ0) is 20.5. The van der Waals surface area contributed by atoms with Crippen molar-refractivity contribution in [2.24, 2.45) is 18.9 Å². The first-order chi connectivity index (χ1) is 13.9. The highest BCUT2D eigenvalue weighted by atomic mass is 16.2. The first-order valence-electron chi connectivity index (χ1n) is 11.1. The number of anilines is 1. The largest absolute Gasteiger partial charge is 0.359 e. The predicted molar refractivity (Wildman–Crippen MR) is 118 cm³/mol. The Hall–Kier alpha value is -2.08. The molecule has 2 fully saturated rings. The first-order valence-corrected chi connectivity index (χ1v) is 11.1. The molecular weight excluding hydrogens is 362 g/mol. The van der Waals surface area contributed by atoms with Crippen molar-refractivity contribution in [3.8, 4) is 0 Å². The Labute approximate surface area is 174 Å². The van der Waals surface area contributed by atoms with Crippen LogP contribution in [0.4, 0.5) is 5.82 Å². The fourth-order valence-corrected chi connectivity index (χ4v) is 4.99. The van der Waals surface area contributed by atoms with Crippen molar-refractivity contribution in [1.29, 1.82) is 0 Å². The van der Waals surface area contributed by atoms with Gasteiger partial charge in [-0.3, -0.25) is 14.4 Å². The van der Waals surface area contributed by atoms with E-state index in [0.717, 1.165) is 47.7 Å². The van der Waals surface area contributed by atoms with E-state index in [2.05, 4.69) is 59.6 Å². The second-order valence-corrected chi connectivity index (χ2v) is 9.38. The molecule has 1 aliphatic heterocycles. The lowest BCUT2D eigenvalue weighted by Crippen LogP contribution is -2.63. The van der Waals surface area contributed by atoms with Gasteiger partial charge in [0.25, 0.3) is 0 Å². The highest BCUT2D eigenvalue weighted by Gasteiger charge is 2.35. The zero-order valence-corrected chi connectivity index (χ0v) is 18.2. The van der Waals surface area contributed by atoms with Crippen LogP contribution in [-0.2, 0) is 11.8 Å². The van der Waals surface area contributed by atoms with E-state index in [0.29, 0.717) is 0 Å². The Bertz CT molecular complexity index is 860. The van der Waals surface area contributed by atoms with Gasteiger partial charge in [0, 0.05) is 31.6 Å². The van der Waals surface area contributed by atoms with Crippen molar-refractivity contribution in [2.75, 3.05) is 25.0 Å². The molecule has 1 aliphatic carbocycles. The summed E-state index contributed by atoms with van der Waals surface area (Å²) in [4.78, 5) is 15.0. The molecule has 4 rings (SSSR count). The van der Waals surface area contributed by atoms with E-state index < -0.39 is 0 Å². The molecule has 2 heterocycles. The predicted octanol–water partition coefficient (Wildman–Crippen LogP) is 3.31. The van der Waals surface area contributed by atoms with E-state index in [1.54, 1.807) is 0 Å². The average molecular weight is 398 g/mol. The number of rotatable bonds is 6. The minimum atomic E-state index is 0.0459. The highest BCUT2D eigenvalue weighted by molar-refractivity contribution is 5.92. The minimum absolute atomic E-state index is 0.0459. The molecule has 0 spiro atoms. The standard InChI is InChI=1S/C23H35N5O/c1-15(2)17-6-8-19(9-7-17)28-13-18(14-28)25-22(29)12-24-23-20-11-16(3)5-10-21(20)27(4)26-23/h5,10-11,15,17-19H,6-9,12-14H2,1-4H3,(H,24,26)(H,25,29). The Morgan fingerprint density at radius 3 is 2.62 bits per heavy atom. The molecule has 1 saturated heterocycles. The topological polar surface area (TPSA) is 62.2 Å². The summed E-state index contributed by atoms with van der Waals surface area (Å²) in [5.74, 6) is 2.54. The summed E-state index contributed by atoms with van der Waals surface area (Å²) >= 11 is 0. The number of nitrogens with one attached hydrogen (secondary N) is 2. The van der Waals surface area contributed by atoms with Gasteiger partial charge in [-0.05, 0) is 56.6 Å². The van der Waals surface area contributed by atoms with Crippen molar-refractivity contribution >= 4 is 22.6 Å². The van der Waals surface area contributed by atoms with Crippen LogP contribution in [0.3, 0.4) is 0 Å². The van der Waals surface area contributed by atoms with Gasteiger partial charge in [-0.25, -0.2) is 0 Å². The lowest BCUT2D eigenvalue weighted by Gasteiger charge is -2.47. The summed E-state index contributed by atoms with van der Waals surface area (Å²) in [5, 5.41) is 12.0. The van der Waals surface area contributed by atoms with Gasteiger partial charge in [0.05, 0.1) is 18.1 Å². The first kappa shape index (κ1) is 20.2. The SMILES string of the molecule is Cc1ccc2c(c1)c(NCC(=O)NC1CN(C3CCC(C(C)C)CC3)C1)nn2C. The van der Waals surface area contributed by atoms with E-state index in [-0.39, 0.29) is 18.5 Å². The number of likely N-dealkylation sites (tertiary alicyclic amines) is 1. The molecule has 2 N–H and O–H groups in total. The van der Waals surface area contributed by atoms with Crippen LogP contribution in [0.1, 0.15) is 45.1 Å². The van der Waals surface area contributed by atoms with Gasteiger partial charge in [-0.15, -0.1) is 0 Å². The maximum absolute atomic E-state index is 12.4. The van der Waals surface area contributed by atoms with Gasteiger partial charge >= 0.3 is 0 Å². The van der Waals surface area contributed by atoms with E-state index in [9.17, 15) is 4.79 Å². The van der Waals surface area contributed by atoms with Crippen LogP contribution in [0.25, 0.3) is 10.9 Å². The number of hydrogen-bond donors (Lipinski definition) is 2. The molecule has 0 bridgehead atoms. The molecule has 6 nitrogen and oxygen atoms in total. The molecule has 0 atom stereocenters. The average Bonchev–Trinajstić information content (AvgIpc) is 2.97. The van der Waals surface area contributed by atoms with Gasteiger partial charge in [0.1, 0.15) is 0 Å². The molecule has 1 aromatic heterocycles. The quantitative estimate of drug-likeness (QED) is 0.785. The molecule has 2 aromatic rings. The number of carbonyl (C=O) groups is 1. The second-order valence-electron chi connectivity index (χ2n) is 9.38. The van der Waals surface area contributed by atoms with Crippen molar-refractivity contribution in [3.63, 3.8) is 0 Å². The van der Waals surface area contributed by atoms with E-state index in [1.807, 2.05) is 11.7 Å². The Morgan fingerprint density at radius 2 is 1.93 bits per heavy atom. The molecule has 158 valence electrons. The van der Waals surface area contributed by atoms with Gasteiger partial charge in [0.2, 0.25) is 5.91 Å². The van der Waals surface area contributed by atoms with Crippen molar-refractivity contribution in [2.45, 2.75) is 58.5 Å². The molecule has 1 amide bonds. The Balaban J connectivity index is 1.22. The van der Waals surface area contributed by atoms with Gasteiger partial charge < -0.3 is 10.6 Å². The fraction of sp³-hybridized carbons (Fsp3) is 0.652. The van der Waals surface area contributed by atoms with Crippen molar-refractivity contribution in [3.05, 3.63) is 23.8 Å². The molecule has 1 aromatic carbocycles. The molecule has 1 saturated carbocycles. The third-order valence-corrected chi connectivity index (χ3v) is 6.90. The van der Waals surface area contributed by atoms with Crippen molar-refractivity contribution in [1.82, 2.24) is 20.0 Å². The molecule has 29 heavy (non-hydrogen) atoms. The molecule has 0 radical (unpaired) electrons. The Morgan fingerprint density at radius 1 is 1.21 bits per heavy atom. The van der Waals surface area contributed by atoms with E-state index in [4.69, 9.17) is 0 Å². The number of aryl methyl sites for hydroxylation is 2. The van der Waals surface area contributed by atoms with Crippen LogP contribution in [0.2, 0.25) is 0 Å². The van der Waals surface area contributed by atoms with Crippen LogP contribution in [0.5, 0.6) is 0 Å². The van der Waals surface area contributed by atoms with Gasteiger partial charge in [-0.1, -0.05) is 25.5 Å². The monoisotopic (exact) mass is 397 g/mol. The summed E-state index contributed by atoms with van der Waals surface area (Å²) < 4.78 is 1.85. The minimum Gasteiger partial charge on any atom is -0.359 e. The van der Waals surface area contributed by atoms with Crippen LogP contribution in [0, 0.1) is 18.8 Å². The maximum Gasteiger partial charge on any atom is 0.239 e. The molecule has 2 aliphatic rings. The number of benzene rings is 1. The van der Waals surface area contributed by atoms with E-state index >= 15 is 0 Å². The molecule has 6 heteroatoms. The smallest absolute Gasteiger partial charge is 0.239 e. The van der Waals surface area contributed by atoms with Gasteiger partial charge in [-0.2, -0.15) is 5.10 Å². The number of carbonyl (C=O) groups excluding carboxylic acids is 1. The van der Waals surface area contributed by atoms with Crippen LogP contribution in [0.15, 0.2) is 18.2 Å². The number of hydrogen-bond acceptors (Lipinski definition) is 4. The summed E-state index contributed by atoms with van der Waals surface area (Å²) in [6, 6.07) is 7.27. The van der Waals surface area contributed by atoms with Crippen molar-refractivity contribution < 1.29 is 4.79 Å². The third kappa shape index (κ3) is 4.42. The fourth-order valence-electron chi connectivity index (χ4n) is 4.99. The normalized spacial score (nSPS) is 23.3. The molecule has 0 unspecified atom stereocenters.